The van der Waals surface area contributed by atoms with Crippen molar-refractivity contribution >= 4 is 0 Å². The molecular weight excluding hydrogens is 604 g/mol. The molecule has 2 heterocycles. The fourth-order valence-corrected chi connectivity index (χ4v) is 13.0. The van der Waals surface area contributed by atoms with Gasteiger partial charge < -0.3 is 49.2 Å². The predicted molar refractivity (Wildman–Crippen MR) is 172 cm³/mol. The topological polar surface area (TPSA) is 147 Å². The number of hydrogen-bond donors (Lipinski definition) is 5. The Morgan fingerprint density at radius 3 is 2.30 bits per heavy atom. The minimum Gasteiger partial charge on any atom is -0.489 e. The maximum atomic E-state index is 12.5. The second-order valence-electron chi connectivity index (χ2n) is 18.1. The van der Waals surface area contributed by atoms with Crippen LogP contribution in [0.1, 0.15) is 99.8 Å². The molecule has 7 aliphatic rings. The molecule has 0 aromatic rings. The number of aliphatic hydroxyl groups is 5. The molecule has 4 saturated carbocycles. The summed E-state index contributed by atoms with van der Waals surface area (Å²) in [5.41, 5.74) is -0.278. The van der Waals surface area contributed by atoms with Crippen molar-refractivity contribution in [2.24, 2.45) is 44.8 Å². The Morgan fingerprint density at radius 1 is 0.936 bits per heavy atom. The molecule has 0 aromatic carbocycles. The van der Waals surface area contributed by atoms with Crippen LogP contribution in [0.4, 0.5) is 0 Å². The van der Waals surface area contributed by atoms with Gasteiger partial charge in [-0.2, -0.15) is 0 Å². The molecule has 0 amide bonds. The molecule has 2 spiro atoms. The molecule has 268 valence electrons. The van der Waals surface area contributed by atoms with E-state index in [0.29, 0.717) is 18.3 Å². The molecule has 0 radical (unpaired) electrons. The SMILES string of the molecule is COCO[C@@H]([C@H]1C[C@@H](C)C2=C(O1)[C@H](O)[C@@]1(C)[C@@H]3CC[C@H]4C(C)(C)[C@@H](O[C@@H]5OC[C@@H](O)[C@H](O)[C@H]5O)CC[C@@]45C[C@@]35CC[C@]21C)C(C)(C)O. The number of allylic oxidation sites excluding steroid dienone is 1. The summed E-state index contributed by atoms with van der Waals surface area (Å²) >= 11 is 0. The van der Waals surface area contributed by atoms with Crippen molar-refractivity contribution in [2.75, 3.05) is 20.5 Å². The Balaban J connectivity index is 1.14. The molecule has 5 aliphatic carbocycles. The normalized spacial score (nSPS) is 52.4. The number of rotatable bonds is 7. The van der Waals surface area contributed by atoms with Gasteiger partial charge in [-0.1, -0.05) is 34.6 Å². The van der Waals surface area contributed by atoms with E-state index < -0.39 is 48.5 Å². The summed E-state index contributed by atoms with van der Waals surface area (Å²) in [6, 6.07) is 0. The standard InChI is InChI=1S/C37H60O10/c1-19-15-21(30(33(4,5)42)45-18-43-8)46-28-25(19)34(6)13-14-37-17-36(37)12-11-24(47-31-27(40)26(39)20(38)16-44-31)32(2,3)22(36)9-10-23(37)35(34,7)29(28)41/h19-24,26-27,29-31,38-42H,9-18H2,1-8H3/t19-,20-,21-,22+,23+,24+,26+,27-,29+,30+,31+,34-,35-,36-,37+/m1/s1. The van der Waals surface area contributed by atoms with Crippen molar-refractivity contribution in [3.8, 4) is 0 Å². The average Bonchev–Trinajstić information content (AvgIpc) is 3.63. The zero-order valence-corrected chi connectivity index (χ0v) is 29.7. The van der Waals surface area contributed by atoms with Gasteiger partial charge in [0.1, 0.15) is 49.2 Å². The van der Waals surface area contributed by atoms with Crippen molar-refractivity contribution in [3.05, 3.63) is 11.3 Å². The summed E-state index contributed by atoms with van der Waals surface area (Å²) in [5, 5.41) is 54.4. The van der Waals surface area contributed by atoms with E-state index in [4.69, 9.17) is 23.7 Å². The predicted octanol–water partition coefficient (Wildman–Crippen LogP) is 3.65. The minimum atomic E-state index is -1.29. The van der Waals surface area contributed by atoms with Gasteiger partial charge in [0.25, 0.3) is 0 Å². The van der Waals surface area contributed by atoms with Crippen molar-refractivity contribution < 1.29 is 49.2 Å². The lowest BCUT2D eigenvalue weighted by Gasteiger charge is -2.63. The molecule has 2 aliphatic heterocycles. The van der Waals surface area contributed by atoms with Crippen molar-refractivity contribution in [2.45, 2.75) is 154 Å². The van der Waals surface area contributed by atoms with Crippen LogP contribution in [-0.2, 0) is 23.7 Å². The molecule has 0 bridgehead atoms. The second kappa shape index (κ2) is 11.1. The fraction of sp³-hybridized carbons (Fsp3) is 0.946. The van der Waals surface area contributed by atoms with E-state index in [1.165, 1.54) is 12.0 Å². The number of ether oxygens (including phenoxy) is 5. The molecule has 10 heteroatoms. The summed E-state index contributed by atoms with van der Waals surface area (Å²) in [7, 11) is 1.57. The van der Waals surface area contributed by atoms with Crippen molar-refractivity contribution in [1.29, 1.82) is 0 Å². The van der Waals surface area contributed by atoms with Gasteiger partial charge in [-0.05, 0) is 105 Å². The van der Waals surface area contributed by atoms with Gasteiger partial charge in [0.2, 0.25) is 0 Å². The Kier molecular flexibility index (Phi) is 8.17. The maximum Gasteiger partial charge on any atom is 0.186 e. The fourth-order valence-electron chi connectivity index (χ4n) is 13.0. The number of hydrogen-bond acceptors (Lipinski definition) is 10. The number of methoxy groups -OCH3 is 1. The number of aliphatic hydroxyl groups excluding tert-OH is 4. The summed E-state index contributed by atoms with van der Waals surface area (Å²) in [6.45, 7) is 15.1. The highest BCUT2D eigenvalue weighted by Gasteiger charge is 2.83. The van der Waals surface area contributed by atoms with Crippen LogP contribution in [0.3, 0.4) is 0 Å². The van der Waals surface area contributed by atoms with Crippen LogP contribution < -0.4 is 0 Å². The zero-order valence-electron chi connectivity index (χ0n) is 29.7. The molecular formula is C37H60O10. The van der Waals surface area contributed by atoms with Crippen molar-refractivity contribution in [3.63, 3.8) is 0 Å². The zero-order chi connectivity index (χ0) is 34.1. The van der Waals surface area contributed by atoms with E-state index in [9.17, 15) is 25.5 Å². The summed E-state index contributed by atoms with van der Waals surface area (Å²) in [6.07, 6.45) is 1.46. The lowest BCUT2D eigenvalue weighted by atomic mass is 9.41. The van der Waals surface area contributed by atoms with Gasteiger partial charge >= 0.3 is 0 Å². The smallest absolute Gasteiger partial charge is 0.186 e. The highest BCUT2D eigenvalue weighted by Crippen LogP contribution is 2.89. The van der Waals surface area contributed by atoms with E-state index in [1.54, 1.807) is 21.0 Å². The minimum absolute atomic E-state index is 0.0578. The first-order valence-electron chi connectivity index (χ1n) is 18.1. The van der Waals surface area contributed by atoms with E-state index in [1.807, 2.05) is 0 Å². The summed E-state index contributed by atoms with van der Waals surface area (Å²) in [5.74, 6) is 1.69. The third-order valence-electron chi connectivity index (χ3n) is 15.3. The molecule has 10 nitrogen and oxygen atoms in total. The Bertz CT molecular complexity index is 1260. The van der Waals surface area contributed by atoms with Gasteiger partial charge in [-0.15, -0.1) is 0 Å². The maximum absolute atomic E-state index is 12.5. The first-order valence-corrected chi connectivity index (χ1v) is 18.1. The van der Waals surface area contributed by atoms with E-state index in [0.717, 1.165) is 44.3 Å². The van der Waals surface area contributed by atoms with Crippen LogP contribution >= 0.6 is 0 Å². The average molecular weight is 665 g/mol. The van der Waals surface area contributed by atoms with Crippen LogP contribution in [0.5, 0.6) is 0 Å². The third-order valence-corrected chi connectivity index (χ3v) is 15.3. The van der Waals surface area contributed by atoms with Gasteiger partial charge in [0.15, 0.2) is 6.29 Å². The molecule has 5 fully saturated rings. The Morgan fingerprint density at radius 2 is 1.62 bits per heavy atom. The third kappa shape index (κ3) is 4.54. The second-order valence-corrected chi connectivity index (χ2v) is 18.1. The summed E-state index contributed by atoms with van der Waals surface area (Å²) < 4.78 is 30.1. The first-order chi connectivity index (χ1) is 21.9. The van der Waals surface area contributed by atoms with Crippen LogP contribution in [0.15, 0.2) is 11.3 Å². The molecule has 15 atom stereocenters. The highest BCUT2D eigenvalue weighted by atomic mass is 16.7. The van der Waals surface area contributed by atoms with Gasteiger partial charge in [-0.3, -0.25) is 0 Å². The summed E-state index contributed by atoms with van der Waals surface area (Å²) in [4.78, 5) is 0. The molecule has 5 N–H and O–H groups in total. The lowest BCUT2D eigenvalue weighted by Crippen LogP contribution is -2.61. The van der Waals surface area contributed by atoms with E-state index >= 15 is 0 Å². The van der Waals surface area contributed by atoms with Crippen LogP contribution in [0.2, 0.25) is 0 Å². The van der Waals surface area contributed by atoms with Gasteiger partial charge in [-0.25, -0.2) is 0 Å². The molecule has 0 unspecified atom stereocenters. The monoisotopic (exact) mass is 664 g/mol. The number of fused-ring (bicyclic) bond motifs is 3. The van der Waals surface area contributed by atoms with Crippen LogP contribution in [-0.4, -0.2) is 101 Å². The molecule has 1 saturated heterocycles. The highest BCUT2D eigenvalue weighted by molar-refractivity contribution is 5.43. The first kappa shape index (κ1) is 34.6. The molecule has 47 heavy (non-hydrogen) atoms. The largest absolute Gasteiger partial charge is 0.489 e. The molecule has 0 aromatic heterocycles. The Labute approximate surface area is 280 Å². The lowest BCUT2D eigenvalue weighted by molar-refractivity contribution is -0.303. The quantitative estimate of drug-likeness (QED) is 0.202. The van der Waals surface area contributed by atoms with Crippen LogP contribution in [0.25, 0.3) is 0 Å². The van der Waals surface area contributed by atoms with Gasteiger partial charge in [0.05, 0.1) is 18.3 Å². The van der Waals surface area contributed by atoms with E-state index in [2.05, 4.69) is 34.6 Å². The molecule has 7 rings (SSSR count). The van der Waals surface area contributed by atoms with Crippen molar-refractivity contribution in [1.82, 2.24) is 0 Å². The van der Waals surface area contributed by atoms with E-state index in [-0.39, 0.29) is 52.5 Å². The van der Waals surface area contributed by atoms with Crippen LogP contribution in [0, 0.1) is 44.8 Å². The van der Waals surface area contributed by atoms with Gasteiger partial charge in [0, 0.05) is 17.9 Å². The Hall–Kier alpha value is -0.820.